The minimum atomic E-state index is -4.53. The number of sulfonamides is 1. The van der Waals surface area contributed by atoms with E-state index < -0.39 is 28.7 Å². The Morgan fingerprint density at radius 1 is 1.07 bits per heavy atom. The van der Waals surface area contributed by atoms with Gasteiger partial charge in [-0.1, -0.05) is 12.1 Å². The smallest absolute Gasteiger partial charge is 0.405 e. The van der Waals surface area contributed by atoms with E-state index in [9.17, 15) is 26.4 Å². The van der Waals surface area contributed by atoms with Crippen molar-refractivity contribution in [3.05, 3.63) is 59.7 Å². The number of carbonyl (C=O) groups is 1. The Bertz CT molecular complexity index is 927. The molecule has 0 spiro atoms. The van der Waals surface area contributed by atoms with E-state index in [4.69, 9.17) is 4.74 Å². The maximum atomic E-state index is 12.7. The zero-order valence-electron chi connectivity index (χ0n) is 15.9. The van der Waals surface area contributed by atoms with E-state index in [0.29, 0.717) is 12.4 Å². The lowest BCUT2D eigenvalue weighted by Crippen LogP contribution is -2.33. The molecule has 1 amide bonds. The summed E-state index contributed by atoms with van der Waals surface area (Å²) >= 11 is 0. The van der Waals surface area contributed by atoms with E-state index in [0.717, 1.165) is 9.87 Å². The number of carbonyl (C=O) groups excluding carboxylic acids is 1. The quantitative estimate of drug-likeness (QED) is 0.698. The van der Waals surface area contributed by atoms with Crippen LogP contribution in [0.15, 0.2) is 53.4 Å². The van der Waals surface area contributed by atoms with Gasteiger partial charge in [-0.2, -0.15) is 17.5 Å². The number of ether oxygens (including phenoxy) is 1. The first-order valence-corrected chi connectivity index (χ1v) is 10.1. The lowest BCUT2D eigenvalue weighted by molar-refractivity contribution is -0.123. The summed E-state index contributed by atoms with van der Waals surface area (Å²) in [5, 5.41) is 1.73. The molecule has 1 N–H and O–H groups in total. The van der Waals surface area contributed by atoms with Gasteiger partial charge in [-0.3, -0.25) is 4.79 Å². The topological polar surface area (TPSA) is 75.7 Å². The van der Waals surface area contributed by atoms with Crippen molar-refractivity contribution >= 4 is 15.9 Å². The van der Waals surface area contributed by atoms with Crippen molar-refractivity contribution in [2.24, 2.45) is 0 Å². The highest BCUT2D eigenvalue weighted by atomic mass is 32.2. The molecule has 0 unspecified atom stereocenters. The standard InChI is InChI=1S/C19H21F3N2O4S/c1-3-28-16-8-4-14(5-9-16)12-24(2)29(26,27)17-10-6-15(7-11-17)18(25)23-13-19(20,21)22/h4-11H,3,12-13H2,1-2H3,(H,23,25). The fraction of sp³-hybridized carbons (Fsp3) is 0.316. The van der Waals surface area contributed by atoms with Crippen molar-refractivity contribution in [3.8, 4) is 5.75 Å². The van der Waals surface area contributed by atoms with Crippen LogP contribution in [0.2, 0.25) is 0 Å². The van der Waals surface area contributed by atoms with Gasteiger partial charge >= 0.3 is 6.18 Å². The molecule has 0 atom stereocenters. The first-order chi connectivity index (χ1) is 13.5. The molecule has 2 aromatic rings. The van der Waals surface area contributed by atoms with Crippen LogP contribution in [0.3, 0.4) is 0 Å². The molecule has 10 heteroatoms. The lowest BCUT2D eigenvalue weighted by Gasteiger charge is -2.18. The normalized spacial score (nSPS) is 12.1. The number of alkyl halides is 3. The zero-order valence-corrected chi connectivity index (χ0v) is 16.7. The van der Waals surface area contributed by atoms with Crippen molar-refractivity contribution in [1.82, 2.24) is 9.62 Å². The summed E-state index contributed by atoms with van der Waals surface area (Å²) in [6.45, 7) is 1.04. The molecule has 6 nitrogen and oxygen atoms in total. The van der Waals surface area contributed by atoms with Gasteiger partial charge in [0, 0.05) is 19.2 Å². The van der Waals surface area contributed by atoms with Gasteiger partial charge in [-0.25, -0.2) is 8.42 Å². The molecule has 2 rings (SSSR count). The van der Waals surface area contributed by atoms with Gasteiger partial charge < -0.3 is 10.1 Å². The second-order valence-corrected chi connectivity index (χ2v) is 8.21. The fourth-order valence-corrected chi connectivity index (χ4v) is 3.60. The van der Waals surface area contributed by atoms with Crippen LogP contribution in [0, 0.1) is 0 Å². The molecular formula is C19H21F3N2O4S. The molecular weight excluding hydrogens is 409 g/mol. The monoisotopic (exact) mass is 430 g/mol. The molecule has 158 valence electrons. The first kappa shape index (κ1) is 22.7. The molecule has 0 bridgehead atoms. The Morgan fingerprint density at radius 2 is 1.66 bits per heavy atom. The van der Waals surface area contributed by atoms with Crippen LogP contribution in [0.25, 0.3) is 0 Å². The van der Waals surface area contributed by atoms with Crippen LogP contribution >= 0.6 is 0 Å². The van der Waals surface area contributed by atoms with Gasteiger partial charge in [-0.05, 0) is 48.9 Å². The summed E-state index contributed by atoms with van der Waals surface area (Å²) in [7, 11) is -2.43. The van der Waals surface area contributed by atoms with Gasteiger partial charge in [0.1, 0.15) is 12.3 Å². The van der Waals surface area contributed by atoms with E-state index in [1.165, 1.54) is 31.3 Å². The number of halogens is 3. The third-order valence-corrected chi connectivity index (χ3v) is 5.73. The summed E-state index contributed by atoms with van der Waals surface area (Å²) in [6.07, 6.45) is -4.53. The average Bonchev–Trinajstić information content (AvgIpc) is 2.67. The highest BCUT2D eigenvalue weighted by Crippen LogP contribution is 2.19. The van der Waals surface area contributed by atoms with Gasteiger partial charge in [0.05, 0.1) is 11.5 Å². The van der Waals surface area contributed by atoms with Crippen LogP contribution in [-0.2, 0) is 16.6 Å². The molecule has 29 heavy (non-hydrogen) atoms. The number of nitrogens with zero attached hydrogens (tertiary/aromatic N) is 1. The Balaban J connectivity index is 2.06. The summed E-state index contributed by atoms with van der Waals surface area (Å²) in [4.78, 5) is 11.6. The number of rotatable bonds is 8. The van der Waals surface area contributed by atoms with E-state index in [1.54, 1.807) is 29.6 Å². The zero-order chi connectivity index (χ0) is 21.7. The maximum absolute atomic E-state index is 12.7. The van der Waals surface area contributed by atoms with Crippen molar-refractivity contribution in [2.75, 3.05) is 20.2 Å². The van der Waals surface area contributed by atoms with Gasteiger partial charge in [0.25, 0.3) is 5.91 Å². The summed E-state index contributed by atoms with van der Waals surface area (Å²) in [5.74, 6) is -0.254. The van der Waals surface area contributed by atoms with Crippen molar-refractivity contribution < 1.29 is 31.1 Å². The number of hydrogen-bond acceptors (Lipinski definition) is 4. The minimum Gasteiger partial charge on any atom is -0.494 e. The summed E-state index contributed by atoms with van der Waals surface area (Å²) in [6, 6.07) is 11.7. The van der Waals surface area contributed by atoms with Crippen LogP contribution in [0.4, 0.5) is 13.2 Å². The maximum Gasteiger partial charge on any atom is 0.405 e. The molecule has 0 fully saturated rings. The van der Waals surface area contributed by atoms with Crippen LogP contribution in [0.1, 0.15) is 22.8 Å². The third kappa shape index (κ3) is 6.47. The SMILES string of the molecule is CCOc1ccc(CN(C)S(=O)(=O)c2ccc(C(=O)NCC(F)(F)F)cc2)cc1. The number of hydrogen-bond donors (Lipinski definition) is 1. The molecule has 0 heterocycles. The largest absolute Gasteiger partial charge is 0.494 e. The molecule has 0 aliphatic carbocycles. The van der Waals surface area contributed by atoms with Crippen molar-refractivity contribution in [3.63, 3.8) is 0 Å². The van der Waals surface area contributed by atoms with Crippen LogP contribution in [0.5, 0.6) is 5.75 Å². The lowest BCUT2D eigenvalue weighted by atomic mass is 10.2. The van der Waals surface area contributed by atoms with Crippen molar-refractivity contribution in [2.45, 2.75) is 24.5 Å². The molecule has 0 aliphatic rings. The Labute approximate surface area is 167 Å². The molecule has 0 radical (unpaired) electrons. The predicted octanol–water partition coefficient (Wildman–Crippen LogP) is 3.20. The molecule has 0 aromatic heterocycles. The average molecular weight is 430 g/mol. The molecule has 0 saturated carbocycles. The molecule has 2 aromatic carbocycles. The van der Waals surface area contributed by atoms with Crippen LogP contribution < -0.4 is 10.1 Å². The molecule has 0 saturated heterocycles. The second-order valence-electron chi connectivity index (χ2n) is 6.16. The Hall–Kier alpha value is -2.59. The van der Waals surface area contributed by atoms with Gasteiger partial charge in [0.2, 0.25) is 10.0 Å². The molecule has 0 aliphatic heterocycles. The van der Waals surface area contributed by atoms with Gasteiger partial charge in [-0.15, -0.1) is 0 Å². The predicted molar refractivity (Wildman–Crippen MR) is 101 cm³/mol. The third-order valence-electron chi connectivity index (χ3n) is 3.91. The van der Waals surface area contributed by atoms with Crippen LogP contribution in [-0.4, -0.2) is 45.0 Å². The van der Waals surface area contributed by atoms with E-state index >= 15 is 0 Å². The number of amides is 1. The number of benzene rings is 2. The van der Waals surface area contributed by atoms with Crippen molar-refractivity contribution in [1.29, 1.82) is 0 Å². The van der Waals surface area contributed by atoms with E-state index in [2.05, 4.69) is 0 Å². The Kier molecular flexibility index (Phi) is 7.26. The van der Waals surface area contributed by atoms with E-state index in [1.807, 2.05) is 6.92 Å². The highest BCUT2D eigenvalue weighted by Gasteiger charge is 2.28. The summed E-state index contributed by atoms with van der Waals surface area (Å²) in [5.41, 5.74) is 0.685. The highest BCUT2D eigenvalue weighted by molar-refractivity contribution is 7.89. The van der Waals surface area contributed by atoms with Gasteiger partial charge in [0.15, 0.2) is 0 Å². The second kappa shape index (κ2) is 9.27. The number of nitrogens with one attached hydrogen (secondary N) is 1. The first-order valence-electron chi connectivity index (χ1n) is 8.66. The summed E-state index contributed by atoms with van der Waals surface area (Å²) < 4.78 is 68.4. The fourth-order valence-electron chi connectivity index (χ4n) is 2.44. The Morgan fingerprint density at radius 3 is 2.17 bits per heavy atom. The van der Waals surface area contributed by atoms with E-state index in [-0.39, 0.29) is 17.0 Å². The minimum absolute atomic E-state index is 0.0673.